The molecule has 0 saturated carbocycles. The summed E-state index contributed by atoms with van der Waals surface area (Å²) in [4.78, 5) is 10.6. The van der Waals surface area contributed by atoms with Crippen molar-refractivity contribution in [3.05, 3.63) is 30.1 Å². The molecule has 0 aromatic heterocycles. The fourth-order valence-electron chi connectivity index (χ4n) is 0.981. The van der Waals surface area contributed by atoms with E-state index in [4.69, 9.17) is 0 Å². The Bertz CT molecular complexity index is 299. The number of hydrogen-bond donors (Lipinski definition) is 1. The summed E-state index contributed by atoms with van der Waals surface area (Å²) in [6, 6.07) is 6.19. The number of anilines is 1. The molecule has 0 aliphatic carbocycles. The van der Waals surface area contributed by atoms with Crippen molar-refractivity contribution in [1.29, 1.82) is 0 Å². The zero-order valence-corrected chi connectivity index (χ0v) is 7.51. The number of nitrogens with one attached hydrogen (secondary N) is 1. The van der Waals surface area contributed by atoms with E-state index in [0.717, 1.165) is 0 Å². The smallest absolute Gasteiger partial charge is 0.131 e. The van der Waals surface area contributed by atoms with E-state index in [9.17, 15) is 9.18 Å². The highest BCUT2D eigenvalue weighted by atomic mass is 19.1. The lowest BCUT2D eigenvalue weighted by Gasteiger charge is -2.03. The molecule has 0 unspecified atom stereocenters. The predicted octanol–water partition coefficient (Wildman–Crippen LogP) is 2.22. The van der Waals surface area contributed by atoms with Crippen LogP contribution < -0.4 is 5.32 Å². The molecule has 1 aromatic rings. The van der Waals surface area contributed by atoms with E-state index in [1.165, 1.54) is 19.1 Å². The van der Waals surface area contributed by atoms with Crippen molar-refractivity contribution in [1.82, 2.24) is 0 Å². The number of benzene rings is 1. The Kier molecular flexibility index (Phi) is 3.43. The second-order valence-electron chi connectivity index (χ2n) is 2.89. The maximum absolute atomic E-state index is 12.6. The number of ketones is 1. The van der Waals surface area contributed by atoms with E-state index >= 15 is 0 Å². The first kappa shape index (κ1) is 9.71. The lowest BCUT2D eigenvalue weighted by atomic mass is 10.3. The van der Waals surface area contributed by atoms with E-state index in [-0.39, 0.29) is 11.6 Å². The summed E-state index contributed by atoms with van der Waals surface area (Å²) in [7, 11) is 0. The molecule has 0 bridgehead atoms. The highest BCUT2D eigenvalue weighted by molar-refractivity contribution is 5.76. The zero-order chi connectivity index (χ0) is 9.68. The Morgan fingerprint density at radius 1 is 1.54 bits per heavy atom. The molecule has 0 saturated heterocycles. The minimum atomic E-state index is -0.271. The van der Waals surface area contributed by atoms with Gasteiger partial charge in [0, 0.05) is 18.7 Å². The second kappa shape index (κ2) is 4.60. The molecule has 1 rings (SSSR count). The molecule has 2 nitrogen and oxygen atoms in total. The minimum absolute atomic E-state index is 0.129. The summed E-state index contributed by atoms with van der Waals surface area (Å²) in [6.45, 7) is 2.09. The Balaban J connectivity index is 2.41. The number of halogens is 1. The normalized spacial score (nSPS) is 9.69. The number of carbonyl (C=O) groups is 1. The standard InChI is InChI=1S/C10H12FNO/c1-8(13)5-6-12-10-4-2-3-9(11)7-10/h2-4,7,12H,5-6H2,1H3. The molecular weight excluding hydrogens is 169 g/mol. The van der Waals surface area contributed by atoms with Crippen molar-refractivity contribution in [3.8, 4) is 0 Å². The summed E-state index contributed by atoms with van der Waals surface area (Å²) < 4.78 is 12.6. The molecule has 0 atom stereocenters. The van der Waals surface area contributed by atoms with Gasteiger partial charge in [-0.1, -0.05) is 6.07 Å². The third kappa shape index (κ3) is 3.69. The summed E-state index contributed by atoms with van der Waals surface area (Å²) >= 11 is 0. The van der Waals surface area contributed by atoms with Crippen LogP contribution in [-0.2, 0) is 4.79 Å². The second-order valence-corrected chi connectivity index (χ2v) is 2.89. The Morgan fingerprint density at radius 3 is 2.92 bits per heavy atom. The van der Waals surface area contributed by atoms with E-state index in [0.29, 0.717) is 18.7 Å². The van der Waals surface area contributed by atoms with Crippen LogP contribution in [0.3, 0.4) is 0 Å². The molecule has 1 aromatic carbocycles. The summed E-state index contributed by atoms with van der Waals surface area (Å²) in [5.74, 6) is -0.142. The van der Waals surface area contributed by atoms with Gasteiger partial charge in [-0.3, -0.25) is 4.79 Å². The SMILES string of the molecule is CC(=O)CCNc1cccc(F)c1. The first-order valence-corrected chi connectivity index (χ1v) is 4.17. The van der Waals surface area contributed by atoms with Gasteiger partial charge in [-0.2, -0.15) is 0 Å². The third-order valence-electron chi connectivity index (χ3n) is 1.63. The fourth-order valence-corrected chi connectivity index (χ4v) is 0.981. The van der Waals surface area contributed by atoms with E-state index in [1.54, 1.807) is 12.1 Å². The molecule has 0 spiro atoms. The monoisotopic (exact) mass is 181 g/mol. The van der Waals surface area contributed by atoms with Gasteiger partial charge in [-0.25, -0.2) is 4.39 Å². The Labute approximate surface area is 76.8 Å². The quantitative estimate of drug-likeness (QED) is 0.771. The van der Waals surface area contributed by atoms with Gasteiger partial charge in [0.15, 0.2) is 0 Å². The topological polar surface area (TPSA) is 29.1 Å². The van der Waals surface area contributed by atoms with Crippen molar-refractivity contribution in [3.63, 3.8) is 0 Å². The van der Waals surface area contributed by atoms with Crippen molar-refractivity contribution in [2.75, 3.05) is 11.9 Å². The van der Waals surface area contributed by atoms with Crippen LogP contribution in [0.25, 0.3) is 0 Å². The van der Waals surface area contributed by atoms with Gasteiger partial charge in [0.25, 0.3) is 0 Å². The van der Waals surface area contributed by atoms with Crippen LogP contribution in [0.4, 0.5) is 10.1 Å². The highest BCUT2D eigenvalue weighted by Gasteiger charge is 1.95. The molecule has 0 aliphatic heterocycles. The first-order chi connectivity index (χ1) is 6.18. The molecule has 1 N–H and O–H groups in total. The molecular formula is C10H12FNO. The van der Waals surface area contributed by atoms with Crippen LogP contribution in [0.5, 0.6) is 0 Å². The molecule has 0 aliphatic rings. The predicted molar refractivity (Wildman–Crippen MR) is 50.2 cm³/mol. The van der Waals surface area contributed by atoms with Crippen molar-refractivity contribution in [2.24, 2.45) is 0 Å². The van der Waals surface area contributed by atoms with Crippen molar-refractivity contribution < 1.29 is 9.18 Å². The Hall–Kier alpha value is -1.38. The molecule has 13 heavy (non-hydrogen) atoms. The van der Waals surface area contributed by atoms with Gasteiger partial charge >= 0.3 is 0 Å². The van der Waals surface area contributed by atoms with Gasteiger partial charge < -0.3 is 5.32 Å². The number of hydrogen-bond acceptors (Lipinski definition) is 2. The first-order valence-electron chi connectivity index (χ1n) is 4.17. The number of Topliss-reactive ketones (excluding diaryl/α,β-unsaturated/α-hetero) is 1. The zero-order valence-electron chi connectivity index (χ0n) is 7.51. The third-order valence-corrected chi connectivity index (χ3v) is 1.63. The van der Waals surface area contributed by atoms with E-state index in [2.05, 4.69) is 5.32 Å². The number of carbonyl (C=O) groups excluding carboxylic acids is 1. The van der Waals surface area contributed by atoms with E-state index in [1.807, 2.05) is 0 Å². The lowest BCUT2D eigenvalue weighted by molar-refractivity contribution is -0.116. The summed E-state index contributed by atoms with van der Waals surface area (Å²) in [5, 5.41) is 2.96. The molecule has 0 radical (unpaired) electrons. The largest absolute Gasteiger partial charge is 0.385 e. The minimum Gasteiger partial charge on any atom is -0.385 e. The van der Waals surface area contributed by atoms with Crippen LogP contribution in [0.15, 0.2) is 24.3 Å². The van der Waals surface area contributed by atoms with E-state index < -0.39 is 0 Å². The average molecular weight is 181 g/mol. The maximum Gasteiger partial charge on any atom is 0.131 e. The van der Waals surface area contributed by atoms with Crippen LogP contribution >= 0.6 is 0 Å². The van der Waals surface area contributed by atoms with Gasteiger partial charge in [0.2, 0.25) is 0 Å². The molecule has 3 heteroatoms. The van der Waals surface area contributed by atoms with Crippen LogP contribution in [-0.4, -0.2) is 12.3 Å². The van der Waals surface area contributed by atoms with Gasteiger partial charge in [0.1, 0.15) is 11.6 Å². The fraction of sp³-hybridized carbons (Fsp3) is 0.300. The van der Waals surface area contributed by atoms with Crippen molar-refractivity contribution in [2.45, 2.75) is 13.3 Å². The summed E-state index contributed by atoms with van der Waals surface area (Å²) in [6.07, 6.45) is 0.469. The molecule has 70 valence electrons. The molecule has 0 heterocycles. The summed E-state index contributed by atoms with van der Waals surface area (Å²) in [5.41, 5.74) is 0.709. The number of rotatable bonds is 4. The van der Waals surface area contributed by atoms with Gasteiger partial charge in [-0.15, -0.1) is 0 Å². The average Bonchev–Trinajstić information content (AvgIpc) is 2.03. The highest BCUT2D eigenvalue weighted by Crippen LogP contribution is 2.08. The van der Waals surface area contributed by atoms with Crippen LogP contribution in [0, 0.1) is 5.82 Å². The van der Waals surface area contributed by atoms with Crippen LogP contribution in [0.1, 0.15) is 13.3 Å². The maximum atomic E-state index is 12.6. The van der Waals surface area contributed by atoms with Gasteiger partial charge in [0.05, 0.1) is 0 Å². The molecule has 0 amide bonds. The Morgan fingerprint density at radius 2 is 2.31 bits per heavy atom. The molecule has 0 fully saturated rings. The van der Waals surface area contributed by atoms with Crippen molar-refractivity contribution >= 4 is 11.5 Å². The van der Waals surface area contributed by atoms with Crippen LogP contribution in [0.2, 0.25) is 0 Å². The van der Waals surface area contributed by atoms with Gasteiger partial charge in [-0.05, 0) is 25.1 Å². The lowest BCUT2D eigenvalue weighted by Crippen LogP contribution is -2.05.